The fourth-order valence-corrected chi connectivity index (χ4v) is 1.89. The number of hydrogen-bond donors (Lipinski definition) is 2. The van der Waals surface area contributed by atoms with Gasteiger partial charge < -0.3 is 19.9 Å². The van der Waals surface area contributed by atoms with Gasteiger partial charge in [0.1, 0.15) is 11.8 Å². The molecule has 1 atom stereocenters. The Hall–Kier alpha value is -2.83. The van der Waals surface area contributed by atoms with Gasteiger partial charge >= 0.3 is 6.03 Å². The van der Waals surface area contributed by atoms with Gasteiger partial charge in [-0.1, -0.05) is 12.1 Å². The Morgan fingerprint density at radius 1 is 1.30 bits per heavy atom. The molecule has 0 saturated heterocycles. The van der Waals surface area contributed by atoms with E-state index in [4.69, 9.17) is 4.74 Å². The fourth-order valence-electron chi connectivity index (χ4n) is 1.89. The number of halogens is 1. The highest BCUT2D eigenvalue weighted by Crippen LogP contribution is 2.16. The number of nitrogens with one attached hydrogen (secondary N) is 2. The molecule has 2 N–H and O–H groups in total. The highest BCUT2D eigenvalue weighted by atomic mass is 19.1. The molecule has 0 aliphatic carbocycles. The highest BCUT2D eigenvalue weighted by Gasteiger charge is 2.10. The van der Waals surface area contributed by atoms with E-state index in [0.29, 0.717) is 0 Å². The Kier molecular flexibility index (Phi) is 5.35. The molecule has 1 aromatic heterocycles. The summed E-state index contributed by atoms with van der Waals surface area (Å²) < 4.78 is 20.2. The number of aryl methyl sites for hydroxylation is 1. The minimum Gasteiger partial charge on any atom is -0.486 e. The maximum atomic E-state index is 13.5. The Morgan fingerprint density at radius 3 is 2.78 bits per heavy atom. The van der Waals surface area contributed by atoms with Gasteiger partial charge in [0.25, 0.3) is 5.56 Å². The van der Waals surface area contributed by atoms with Crippen LogP contribution < -0.4 is 20.9 Å². The van der Waals surface area contributed by atoms with Crippen molar-refractivity contribution in [2.75, 3.05) is 11.9 Å². The van der Waals surface area contributed by atoms with Gasteiger partial charge in [-0.25, -0.2) is 9.18 Å². The second-order valence-corrected chi connectivity index (χ2v) is 5.03. The number of carbonyl (C=O) groups is 1. The lowest BCUT2D eigenvalue weighted by atomic mass is 10.3. The van der Waals surface area contributed by atoms with Crippen molar-refractivity contribution in [3.05, 3.63) is 58.8 Å². The zero-order valence-corrected chi connectivity index (χ0v) is 12.9. The largest absolute Gasteiger partial charge is 0.486 e. The summed E-state index contributed by atoms with van der Waals surface area (Å²) in [5, 5.41) is 5.04. The van der Waals surface area contributed by atoms with Crippen LogP contribution in [0.4, 0.5) is 14.9 Å². The van der Waals surface area contributed by atoms with Crippen molar-refractivity contribution in [1.82, 2.24) is 9.88 Å². The number of rotatable bonds is 5. The molecule has 0 fully saturated rings. The maximum Gasteiger partial charge on any atom is 0.319 e. The molecule has 0 aliphatic heterocycles. The number of pyridine rings is 1. The van der Waals surface area contributed by atoms with Gasteiger partial charge in [0.05, 0.1) is 6.54 Å². The zero-order valence-electron chi connectivity index (χ0n) is 12.9. The number of para-hydroxylation sites is 1. The average Bonchev–Trinajstić information content (AvgIpc) is 2.52. The molecule has 122 valence electrons. The van der Waals surface area contributed by atoms with Crippen LogP contribution in [0.25, 0.3) is 0 Å². The average molecular weight is 319 g/mol. The minimum absolute atomic E-state index is 0.124. The summed E-state index contributed by atoms with van der Waals surface area (Å²) in [5.74, 6) is -0.337. The third-order valence-electron chi connectivity index (χ3n) is 3.09. The summed E-state index contributed by atoms with van der Waals surface area (Å²) in [6.45, 7) is 1.86. The summed E-state index contributed by atoms with van der Waals surface area (Å²) in [7, 11) is 1.59. The number of amides is 2. The predicted octanol–water partition coefficient (Wildman–Crippen LogP) is 2.11. The van der Waals surface area contributed by atoms with Crippen LogP contribution in [0.1, 0.15) is 6.92 Å². The third kappa shape index (κ3) is 4.57. The van der Waals surface area contributed by atoms with E-state index < -0.39 is 18.0 Å². The van der Waals surface area contributed by atoms with E-state index in [-0.39, 0.29) is 23.5 Å². The maximum absolute atomic E-state index is 13.5. The van der Waals surface area contributed by atoms with E-state index in [2.05, 4.69) is 10.6 Å². The number of anilines is 1. The van der Waals surface area contributed by atoms with Crippen LogP contribution in [0.15, 0.2) is 47.4 Å². The Balaban J connectivity index is 1.85. The first kappa shape index (κ1) is 16.5. The van der Waals surface area contributed by atoms with Crippen molar-refractivity contribution in [3.63, 3.8) is 0 Å². The zero-order chi connectivity index (χ0) is 16.8. The lowest BCUT2D eigenvalue weighted by Gasteiger charge is -2.16. The number of benzene rings is 1. The normalized spacial score (nSPS) is 11.6. The first-order valence-corrected chi connectivity index (χ1v) is 7.09. The summed E-state index contributed by atoms with van der Waals surface area (Å²) in [4.78, 5) is 23.6. The van der Waals surface area contributed by atoms with E-state index >= 15 is 0 Å². The van der Waals surface area contributed by atoms with Crippen molar-refractivity contribution in [3.8, 4) is 5.75 Å². The molecule has 23 heavy (non-hydrogen) atoms. The summed E-state index contributed by atoms with van der Waals surface area (Å²) in [5.41, 5.74) is -0.131. The quantitative estimate of drug-likeness (QED) is 0.886. The minimum atomic E-state index is -0.530. The van der Waals surface area contributed by atoms with E-state index in [0.717, 1.165) is 0 Å². The van der Waals surface area contributed by atoms with Gasteiger partial charge in [-0.3, -0.25) is 4.79 Å². The van der Waals surface area contributed by atoms with Crippen LogP contribution >= 0.6 is 0 Å². The van der Waals surface area contributed by atoms with Gasteiger partial charge in [0, 0.05) is 13.2 Å². The Labute approximate surface area is 132 Å². The molecular formula is C16H18FN3O3. The van der Waals surface area contributed by atoms with Gasteiger partial charge in [0.15, 0.2) is 11.6 Å². The molecule has 0 radical (unpaired) electrons. The van der Waals surface area contributed by atoms with Crippen LogP contribution in [0, 0.1) is 5.82 Å². The lowest BCUT2D eigenvalue weighted by Crippen LogP contribution is -2.37. The summed E-state index contributed by atoms with van der Waals surface area (Å²) in [6, 6.07) is 8.68. The molecule has 6 nitrogen and oxygen atoms in total. The standard InChI is InChI=1S/C16H18FN3O3/c1-11(23-14-8-4-3-6-12(14)17)10-18-16(22)19-13-7-5-9-20(2)15(13)21/h3-9,11H,10H2,1-2H3,(H2,18,19,22)/t11-/m0/s1. The van der Waals surface area contributed by atoms with Gasteiger partial charge in [-0.15, -0.1) is 0 Å². The number of urea groups is 1. The molecule has 2 amide bonds. The van der Waals surface area contributed by atoms with E-state index in [9.17, 15) is 14.0 Å². The smallest absolute Gasteiger partial charge is 0.319 e. The molecule has 1 heterocycles. The SMILES string of the molecule is C[C@@H](CNC(=O)Nc1cccn(C)c1=O)Oc1ccccc1F. The summed E-state index contributed by atoms with van der Waals surface area (Å²) >= 11 is 0. The molecule has 0 spiro atoms. The third-order valence-corrected chi connectivity index (χ3v) is 3.09. The fraction of sp³-hybridized carbons (Fsp3) is 0.250. The number of carbonyl (C=O) groups excluding carboxylic acids is 1. The molecule has 0 bridgehead atoms. The van der Waals surface area contributed by atoms with Gasteiger partial charge in [0.2, 0.25) is 0 Å². The number of hydrogen-bond acceptors (Lipinski definition) is 3. The second kappa shape index (κ2) is 7.44. The monoisotopic (exact) mass is 319 g/mol. The number of ether oxygens (including phenoxy) is 1. The molecule has 2 rings (SSSR count). The highest BCUT2D eigenvalue weighted by molar-refractivity contribution is 5.88. The second-order valence-electron chi connectivity index (χ2n) is 5.03. The molecule has 1 aromatic carbocycles. The van der Waals surface area contributed by atoms with Crippen molar-refractivity contribution < 1.29 is 13.9 Å². The van der Waals surface area contributed by atoms with Crippen LogP contribution in [-0.4, -0.2) is 23.2 Å². The number of nitrogens with zero attached hydrogens (tertiary/aromatic N) is 1. The van der Waals surface area contributed by atoms with Crippen LogP contribution in [0.5, 0.6) is 5.75 Å². The van der Waals surface area contributed by atoms with Crippen LogP contribution in [0.2, 0.25) is 0 Å². The van der Waals surface area contributed by atoms with Crippen molar-refractivity contribution in [1.29, 1.82) is 0 Å². The van der Waals surface area contributed by atoms with Crippen molar-refractivity contribution in [2.45, 2.75) is 13.0 Å². The molecule has 7 heteroatoms. The topological polar surface area (TPSA) is 72.4 Å². The lowest BCUT2D eigenvalue weighted by molar-refractivity contribution is 0.205. The first-order valence-electron chi connectivity index (χ1n) is 7.09. The Bertz CT molecular complexity index is 745. The molecule has 0 unspecified atom stereocenters. The molecule has 0 saturated carbocycles. The number of aromatic nitrogens is 1. The summed E-state index contributed by atoms with van der Waals surface area (Å²) in [6.07, 6.45) is 1.16. The van der Waals surface area contributed by atoms with Gasteiger partial charge in [-0.05, 0) is 31.2 Å². The van der Waals surface area contributed by atoms with Gasteiger partial charge in [-0.2, -0.15) is 0 Å². The Morgan fingerprint density at radius 2 is 2.04 bits per heavy atom. The molecule has 0 aliphatic rings. The van der Waals surface area contributed by atoms with Crippen molar-refractivity contribution >= 4 is 11.7 Å². The van der Waals surface area contributed by atoms with Crippen LogP contribution in [0.3, 0.4) is 0 Å². The van der Waals surface area contributed by atoms with E-state index in [1.165, 1.54) is 22.8 Å². The first-order chi connectivity index (χ1) is 11.0. The van der Waals surface area contributed by atoms with E-state index in [1.807, 2.05) is 0 Å². The molecular weight excluding hydrogens is 301 g/mol. The van der Waals surface area contributed by atoms with Crippen molar-refractivity contribution in [2.24, 2.45) is 7.05 Å². The molecule has 2 aromatic rings. The van der Waals surface area contributed by atoms with E-state index in [1.54, 1.807) is 38.4 Å². The predicted molar refractivity (Wildman–Crippen MR) is 85.2 cm³/mol. The van der Waals surface area contributed by atoms with Crippen LogP contribution in [-0.2, 0) is 7.05 Å².